The second-order valence-electron chi connectivity index (χ2n) is 1.14. The maximum Gasteiger partial charge on any atom is 1.00 e. The molecule has 0 saturated heterocycles. The molecule has 0 heterocycles. The van der Waals surface area contributed by atoms with E-state index in [0.29, 0.717) is 0 Å². The molecule has 0 N–H and O–H groups in total. The molecule has 0 fully saturated rings. The largest absolute Gasteiger partial charge is 1.00 e. The Morgan fingerprint density at radius 2 is 1.45 bits per heavy atom. The first-order chi connectivity index (χ1) is 3.42. The van der Waals surface area contributed by atoms with E-state index in [1.807, 2.05) is 0 Å². The summed E-state index contributed by atoms with van der Waals surface area (Å²) in [7, 11) is -4.88. The molecule has 48 valence electrons. The minimum absolute atomic E-state index is 0. The van der Waals surface area contributed by atoms with Gasteiger partial charge in [0.2, 0.25) is 0 Å². The van der Waals surface area contributed by atoms with Crippen LogP contribution in [-0.4, -0.2) is 12.1 Å². The molecule has 0 aromatic heterocycles. The van der Waals surface area contributed by atoms with E-state index in [2.05, 4.69) is 0 Å². The number of carbonyl (C=O) groups is 1. The van der Waals surface area contributed by atoms with Gasteiger partial charge in [0.15, 0.2) is 0 Å². The molecule has 0 saturated carbocycles. The Balaban J connectivity index is -0.0000000817. The molecule has 9 heteroatoms. The number of carboxylic acids is 1. The Labute approximate surface area is 130 Å². The van der Waals surface area contributed by atoms with E-state index in [0.717, 1.165) is 0 Å². The molecule has 0 rings (SSSR count). The normalized spacial score (nSPS) is 8.18. The van der Waals surface area contributed by atoms with Crippen molar-refractivity contribution in [3.8, 4) is 0 Å². The van der Waals surface area contributed by atoms with Crippen molar-refractivity contribution in [3.63, 3.8) is 0 Å². The van der Waals surface area contributed by atoms with Gasteiger partial charge in [-0.25, -0.2) is 0 Å². The Morgan fingerprint density at radius 1 is 1.18 bits per heavy atom. The van der Waals surface area contributed by atoms with Crippen LogP contribution in [0.15, 0.2) is 0 Å². The average molecular weight is 206 g/mol. The van der Waals surface area contributed by atoms with Gasteiger partial charge >= 0.3 is 88.7 Å². The molecule has 0 unspecified atom stereocenters. The van der Waals surface area contributed by atoms with Gasteiger partial charge in [-0.15, -0.1) is 0 Å². The molecule has 0 bridgehead atoms. The van der Waals surface area contributed by atoms with Crippen LogP contribution in [0.25, 0.3) is 0 Å². The molecule has 11 heavy (non-hydrogen) atoms. The third-order valence-corrected chi connectivity index (χ3v) is 0.968. The first-order valence-corrected chi connectivity index (χ1v) is 3.35. The number of carboxylic acid groups (broad SMARTS) is 1. The minimum atomic E-state index is -4.88. The van der Waals surface area contributed by atoms with E-state index in [1.165, 1.54) is 0 Å². The fraction of sp³-hybridized carbons (Fsp3) is 0.500. The second-order valence-corrected chi connectivity index (χ2v) is 2.68. The zero-order valence-electron chi connectivity index (χ0n) is 6.70. The van der Waals surface area contributed by atoms with E-state index >= 15 is 0 Å². The SMILES string of the molecule is O=C([O-])CP(=O)([O-])[O-].[Na+].[Na+].[Na+]. The number of aliphatic carboxylic acids is 1. The van der Waals surface area contributed by atoms with Gasteiger partial charge in [0.1, 0.15) is 0 Å². The van der Waals surface area contributed by atoms with Crippen LogP contribution in [0.5, 0.6) is 0 Å². The molecule has 0 aliphatic carbocycles. The van der Waals surface area contributed by atoms with Crippen LogP contribution in [-0.2, 0) is 9.36 Å². The van der Waals surface area contributed by atoms with Crippen molar-refractivity contribution >= 4 is 13.6 Å². The summed E-state index contributed by atoms with van der Waals surface area (Å²) in [5, 5.41) is 9.33. The van der Waals surface area contributed by atoms with Crippen LogP contribution in [0.3, 0.4) is 0 Å². The van der Waals surface area contributed by atoms with Crippen molar-refractivity contribution in [2.75, 3.05) is 6.16 Å². The van der Waals surface area contributed by atoms with Crippen molar-refractivity contribution in [2.45, 2.75) is 0 Å². The fourth-order valence-electron chi connectivity index (χ4n) is 0.158. The van der Waals surface area contributed by atoms with Gasteiger partial charge in [0.25, 0.3) is 0 Å². The van der Waals surface area contributed by atoms with Crippen molar-refractivity contribution < 1.29 is 113 Å². The van der Waals surface area contributed by atoms with Gasteiger partial charge in [-0.2, -0.15) is 0 Å². The van der Waals surface area contributed by atoms with Gasteiger partial charge in [-0.05, 0) is 0 Å². The topological polar surface area (TPSA) is 103 Å². The Morgan fingerprint density at radius 3 is 1.45 bits per heavy atom. The van der Waals surface area contributed by atoms with Crippen molar-refractivity contribution in [3.05, 3.63) is 0 Å². The minimum Gasteiger partial charge on any atom is -0.810 e. The Hall–Kier alpha value is 2.62. The second kappa shape index (κ2) is 10.7. The third kappa shape index (κ3) is 24.5. The average Bonchev–Trinajstić information content (AvgIpc) is 1.21. The first-order valence-electron chi connectivity index (χ1n) is 1.63. The number of rotatable bonds is 2. The molecule has 0 aromatic carbocycles. The van der Waals surface area contributed by atoms with Crippen molar-refractivity contribution in [1.29, 1.82) is 0 Å². The van der Waals surface area contributed by atoms with E-state index < -0.39 is 19.7 Å². The molecule has 0 atom stereocenters. The predicted octanol–water partition coefficient (Wildman–Crippen LogP) is -12.3. The van der Waals surface area contributed by atoms with E-state index in [-0.39, 0.29) is 88.7 Å². The monoisotopic (exact) mass is 206 g/mol. The molecular formula is C2H2Na3O5P. The van der Waals surface area contributed by atoms with Gasteiger partial charge in [-0.3, -0.25) is 0 Å². The van der Waals surface area contributed by atoms with Crippen LogP contribution < -0.4 is 104 Å². The molecule has 0 radical (unpaired) electrons. The smallest absolute Gasteiger partial charge is 0.810 e. The molecule has 0 aromatic rings. The molecule has 0 spiro atoms. The van der Waals surface area contributed by atoms with Gasteiger partial charge < -0.3 is 24.3 Å². The van der Waals surface area contributed by atoms with Gasteiger partial charge in [-0.1, -0.05) is 7.60 Å². The van der Waals surface area contributed by atoms with Crippen LogP contribution in [0, 0.1) is 0 Å². The molecular weight excluding hydrogens is 204 g/mol. The van der Waals surface area contributed by atoms with Crippen LogP contribution in [0.1, 0.15) is 0 Å². The third-order valence-electron chi connectivity index (χ3n) is 0.323. The zero-order chi connectivity index (χ0) is 6.78. The Kier molecular flexibility index (Phi) is 22.8. The van der Waals surface area contributed by atoms with Crippen LogP contribution in [0.4, 0.5) is 0 Å². The Bertz CT molecular complexity index is 143. The maximum atomic E-state index is 9.49. The van der Waals surface area contributed by atoms with E-state index in [1.54, 1.807) is 0 Å². The molecule has 0 amide bonds. The van der Waals surface area contributed by atoms with Crippen LogP contribution in [0.2, 0.25) is 0 Å². The number of carbonyl (C=O) groups excluding carboxylic acids is 1. The summed E-state index contributed by atoms with van der Waals surface area (Å²) in [6.45, 7) is 0. The molecule has 0 aliphatic rings. The summed E-state index contributed by atoms with van der Waals surface area (Å²) >= 11 is 0. The fourth-order valence-corrected chi connectivity index (χ4v) is 0.474. The van der Waals surface area contributed by atoms with Gasteiger partial charge in [0.05, 0.1) is 0 Å². The predicted molar refractivity (Wildman–Crippen MR) is 17.5 cm³/mol. The first kappa shape index (κ1) is 23.4. The summed E-state index contributed by atoms with van der Waals surface area (Å²) in [6, 6.07) is 0. The quantitative estimate of drug-likeness (QED) is 0.329. The van der Waals surface area contributed by atoms with Crippen molar-refractivity contribution in [1.82, 2.24) is 0 Å². The number of hydrogen-bond donors (Lipinski definition) is 0. The summed E-state index contributed by atoms with van der Waals surface area (Å²) in [5.41, 5.74) is 0. The molecule has 0 aliphatic heterocycles. The van der Waals surface area contributed by atoms with E-state index in [4.69, 9.17) is 0 Å². The summed E-state index contributed by atoms with van der Waals surface area (Å²) in [5.74, 6) is -1.86. The van der Waals surface area contributed by atoms with E-state index in [9.17, 15) is 24.3 Å². The van der Waals surface area contributed by atoms with Crippen LogP contribution >= 0.6 is 7.60 Å². The summed E-state index contributed by atoms with van der Waals surface area (Å²) in [6.07, 6.45) is -1.42. The zero-order valence-corrected chi connectivity index (χ0v) is 13.6. The van der Waals surface area contributed by atoms with Gasteiger partial charge in [0, 0.05) is 12.1 Å². The summed E-state index contributed by atoms with van der Waals surface area (Å²) < 4.78 is 9.49. The standard InChI is InChI=1S/C2H5O5P.3Na/c3-2(4)1-8(5,6)7;;;/h1H2,(H,3,4)(H2,5,6,7);;;/q;3*+1/p-3. The number of hydrogen-bond acceptors (Lipinski definition) is 5. The maximum absolute atomic E-state index is 9.49. The summed E-state index contributed by atoms with van der Waals surface area (Å²) in [4.78, 5) is 28.3. The van der Waals surface area contributed by atoms with Crippen molar-refractivity contribution in [2.24, 2.45) is 0 Å². The molecule has 5 nitrogen and oxygen atoms in total.